The average Bonchev–Trinajstić information content (AvgIpc) is 2.18. The van der Waals surface area contributed by atoms with Crippen LogP contribution in [0.5, 0.6) is 0 Å². The van der Waals surface area contributed by atoms with E-state index in [0.717, 1.165) is 6.54 Å². The first-order chi connectivity index (χ1) is 6.25. The molecule has 0 saturated carbocycles. The molecule has 1 rings (SSSR count). The van der Waals surface area contributed by atoms with Crippen LogP contribution in [0.3, 0.4) is 0 Å². The van der Waals surface area contributed by atoms with E-state index in [9.17, 15) is 0 Å². The van der Waals surface area contributed by atoms with Gasteiger partial charge >= 0.3 is 0 Å². The van der Waals surface area contributed by atoms with Gasteiger partial charge in [0.15, 0.2) is 0 Å². The Morgan fingerprint density at radius 3 is 2.38 bits per heavy atom. The highest BCUT2D eigenvalue weighted by atomic mass is 15.1. The first-order valence-corrected chi connectivity index (χ1v) is 5.01. The van der Waals surface area contributed by atoms with E-state index in [1.807, 2.05) is 0 Å². The summed E-state index contributed by atoms with van der Waals surface area (Å²) in [6.45, 7) is 5.63. The average molecular weight is 177 g/mol. The van der Waals surface area contributed by atoms with E-state index in [4.69, 9.17) is 0 Å². The molecule has 0 unspecified atom stereocenters. The Labute approximate surface area is 81.4 Å². The normalized spacial score (nSPS) is 13.2. The molecule has 0 saturated heterocycles. The molecular weight excluding hydrogens is 158 g/mol. The fourth-order valence-corrected chi connectivity index (χ4v) is 1.53. The van der Waals surface area contributed by atoms with Gasteiger partial charge in [0, 0.05) is 6.04 Å². The first kappa shape index (κ1) is 10.3. The van der Waals surface area contributed by atoms with Gasteiger partial charge in [-0.2, -0.15) is 0 Å². The minimum absolute atomic E-state index is 0.529. The maximum atomic E-state index is 2.38. The summed E-state index contributed by atoms with van der Waals surface area (Å²) in [7, 11) is 2.18. The third-order valence-corrected chi connectivity index (χ3v) is 2.52. The third kappa shape index (κ3) is 2.85. The third-order valence-electron chi connectivity index (χ3n) is 2.52. The zero-order valence-electron chi connectivity index (χ0n) is 8.83. The standard InChI is InChI=1S/C12H19N/c1-4-10-13(3)11(2)12-8-6-5-7-9-12/h5-9,11H,4,10H2,1-3H3/t11-/m1/s1. The topological polar surface area (TPSA) is 3.24 Å². The summed E-state index contributed by atoms with van der Waals surface area (Å²) in [6, 6.07) is 11.2. The number of nitrogens with zero attached hydrogens (tertiary/aromatic N) is 1. The second-order valence-electron chi connectivity index (χ2n) is 3.57. The van der Waals surface area contributed by atoms with E-state index >= 15 is 0 Å². The largest absolute Gasteiger partial charge is 0.300 e. The second-order valence-corrected chi connectivity index (χ2v) is 3.57. The number of benzene rings is 1. The molecule has 0 amide bonds. The number of hydrogen-bond donors (Lipinski definition) is 0. The van der Waals surface area contributed by atoms with Gasteiger partial charge in [-0.05, 0) is 32.5 Å². The zero-order valence-corrected chi connectivity index (χ0v) is 8.83. The van der Waals surface area contributed by atoms with E-state index < -0.39 is 0 Å². The monoisotopic (exact) mass is 177 g/mol. The van der Waals surface area contributed by atoms with Crippen molar-refractivity contribution < 1.29 is 0 Å². The highest BCUT2D eigenvalue weighted by Crippen LogP contribution is 2.17. The van der Waals surface area contributed by atoms with Crippen molar-refractivity contribution in [3.05, 3.63) is 35.9 Å². The zero-order chi connectivity index (χ0) is 9.68. The highest BCUT2D eigenvalue weighted by molar-refractivity contribution is 5.18. The molecule has 1 nitrogen and oxygen atoms in total. The molecule has 0 fully saturated rings. The fourth-order valence-electron chi connectivity index (χ4n) is 1.53. The van der Waals surface area contributed by atoms with Crippen LogP contribution in [-0.4, -0.2) is 18.5 Å². The van der Waals surface area contributed by atoms with Crippen LogP contribution in [0.1, 0.15) is 31.9 Å². The minimum Gasteiger partial charge on any atom is -0.300 e. The van der Waals surface area contributed by atoms with Crippen LogP contribution in [0, 0.1) is 0 Å². The smallest absolute Gasteiger partial charge is 0.0316 e. The SMILES string of the molecule is CCCN(C)[C@H](C)c1ccccc1. The Hall–Kier alpha value is -0.820. The summed E-state index contributed by atoms with van der Waals surface area (Å²) in [6.07, 6.45) is 1.22. The lowest BCUT2D eigenvalue weighted by molar-refractivity contribution is 0.262. The van der Waals surface area contributed by atoms with E-state index in [1.54, 1.807) is 0 Å². The lowest BCUT2D eigenvalue weighted by atomic mass is 10.1. The predicted octanol–water partition coefficient (Wildman–Crippen LogP) is 3.09. The van der Waals surface area contributed by atoms with Gasteiger partial charge in [-0.25, -0.2) is 0 Å². The quantitative estimate of drug-likeness (QED) is 0.683. The number of hydrogen-bond acceptors (Lipinski definition) is 1. The van der Waals surface area contributed by atoms with Crippen molar-refractivity contribution in [2.75, 3.05) is 13.6 Å². The molecule has 0 aliphatic carbocycles. The molecule has 1 heteroatoms. The molecule has 0 radical (unpaired) electrons. The molecule has 0 spiro atoms. The maximum Gasteiger partial charge on any atom is 0.0316 e. The molecule has 0 aliphatic heterocycles. The van der Waals surface area contributed by atoms with Gasteiger partial charge in [-0.3, -0.25) is 4.90 Å². The summed E-state index contributed by atoms with van der Waals surface area (Å²) in [5, 5.41) is 0. The van der Waals surface area contributed by atoms with Crippen LogP contribution in [0.25, 0.3) is 0 Å². The van der Waals surface area contributed by atoms with Crippen LogP contribution in [0.15, 0.2) is 30.3 Å². The van der Waals surface area contributed by atoms with Crippen molar-refractivity contribution in [1.29, 1.82) is 0 Å². The molecule has 0 N–H and O–H groups in total. The van der Waals surface area contributed by atoms with Gasteiger partial charge in [-0.15, -0.1) is 0 Å². The minimum atomic E-state index is 0.529. The molecular formula is C12H19N. The van der Waals surface area contributed by atoms with Crippen LogP contribution >= 0.6 is 0 Å². The summed E-state index contributed by atoms with van der Waals surface area (Å²) in [4.78, 5) is 2.38. The van der Waals surface area contributed by atoms with Gasteiger partial charge < -0.3 is 0 Å². The van der Waals surface area contributed by atoms with Gasteiger partial charge in [-0.1, -0.05) is 37.3 Å². The molecule has 0 heterocycles. The van der Waals surface area contributed by atoms with E-state index in [0.29, 0.717) is 6.04 Å². The number of rotatable bonds is 4. The fraction of sp³-hybridized carbons (Fsp3) is 0.500. The Kier molecular flexibility index (Phi) is 3.97. The Morgan fingerprint density at radius 1 is 1.23 bits per heavy atom. The van der Waals surface area contributed by atoms with Crippen molar-refractivity contribution in [2.24, 2.45) is 0 Å². The highest BCUT2D eigenvalue weighted by Gasteiger charge is 2.08. The van der Waals surface area contributed by atoms with Gasteiger partial charge in [0.25, 0.3) is 0 Å². The summed E-state index contributed by atoms with van der Waals surface area (Å²) >= 11 is 0. The Bertz CT molecular complexity index is 230. The molecule has 72 valence electrons. The van der Waals surface area contributed by atoms with Gasteiger partial charge in [0.1, 0.15) is 0 Å². The molecule has 1 atom stereocenters. The van der Waals surface area contributed by atoms with Crippen LogP contribution < -0.4 is 0 Å². The molecule has 13 heavy (non-hydrogen) atoms. The van der Waals surface area contributed by atoms with E-state index in [-0.39, 0.29) is 0 Å². The maximum absolute atomic E-state index is 2.38. The molecule has 0 bridgehead atoms. The second kappa shape index (κ2) is 5.03. The molecule has 1 aromatic carbocycles. The van der Waals surface area contributed by atoms with Crippen molar-refractivity contribution in [3.63, 3.8) is 0 Å². The van der Waals surface area contributed by atoms with Crippen molar-refractivity contribution in [1.82, 2.24) is 4.90 Å². The Balaban J connectivity index is 2.62. The predicted molar refractivity (Wildman–Crippen MR) is 57.8 cm³/mol. The molecule has 1 aromatic rings. The van der Waals surface area contributed by atoms with Crippen LogP contribution in [0.2, 0.25) is 0 Å². The van der Waals surface area contributed by atoms with E-state index in [2.05, 4.69) is 56.1 Å². The van der Waals surface area contributed by atoms with Crippen molar-refractivity contribution >= 4 is 0 Å². The first-order valence-electron chi connectivity index (χ1n) is 5.01. The van der Waals surface area contributed by atoms with Crippen LogP contribution in [-0.2, 0) is 0 Å². The lowest BCUT2D eigenvalue weighted by Gasteiger charge is -2.24. The summed E-state index contributed by atoms with van der Waals surface area (Å²) < 4.78 is 0. The van der Waals surface area contributed by atoms with Gasteiger partial charge in [0.05, 0.1) is 0 Å². The van der Waals surface area contributed by atoms with E-state index in [1.165, 1.54) is 12.0 Å². The lowest BCUT2D eigenvalue weighted by Crippen LogP contribution is -2.22. The summed E-state index contributed by atoms with van der Waals surface area (Å²) in [5.41, 5.74) is 1.40. The van der Waals surface area contributed by atoms with Crippen molar-refractivity contribution in [3.8, 4) is 0 Å². The molecule has 0 aliphatic rings. The summed E-state index contributed by atoms with van der Waals surface area (Å²) in [5.74, 6) is 0. The van der Waals surface area contributed by atoms with Gasteiger partial charge in [0.2, 0.25) is 0 Å². The Morgan fingerprint density at radius 2 is 1.85 bits per heavy atom. The molecule has 0 aromatic heterocycles. The van der Waals surface area contributed by atoms with Crippen molar-refractivity contribution in [2.45, 2.75) is 26.3 Å². The van der Waals surface area contributed by atoms with Crippen LogP contribution in [0.4, 0.5) is 0 Å².